The van der Waals surface area contributed by atoms with E-state index < -0.39 is 5.97 Å². The van der Waals surface area contributed by atoms with Crippen LogP contribution in [0.4, 0.5) is 0 Å². The SMILES string of the molecule is COCCN(CC(=O)O)Cc1cc(Br)c(Cl)s1. The molecule has 1 rings (SSSR count). The third-order valence-corrected chi connectivity index (χ3v) is 4.51. The van der Waals surface area contributed by atoms with Gasteiger partial charge in [0.2, 0.25) is 0 Å². The molecule has 0 bridgehead atoms. The number of nitrogens with zero attached hydrogens (tertiary/aromatic N) is 1. The molecule has 0 aliphatic carbocycles. The first-order valence-corrected chi connectivity index (χ1v) is 6.88. The van der Waals surface area contributed by atoms with Gasteiger partial charge in [0, 0.05) is 29.5 Å². The third kappa shape index (κ3) is 5.35. The molecular weight excluding hydrogens is 330 g/mol. The molecule has 0 amide bonds. The molecule has 0 saturated carbocycles. The number of carboxylic acids is 1. The quantitative estimate of drug-likeness (QED) is 0.828. The van der Waals surface area contributed by atoms with Gasteiger partial charge in [0.05, 0.1) is 13.2 Å². The van der Waals surface area contributed by atoms with E-state index in [2.05, 4.69) is 15.9 Å². The molecule has 0 aliphatic rings. The Morgan fingerprint density at radius 3 is 2.88 bits per heavy atom. The molecule has 0 fully saturated rings. The topological polar surface area (TPSA) is 49.8 Å². The Labute approximate surface area is 117 Å². The molecule has 96 valence electrons. The van der Waals surface area contributed by atoms with Crippen LogP contribution in [-0.2, 0) is 16.1 Å². The van der Waals surface area contributed by atoms with Crippen LogP contribution in [0.2, 0.25) is 4.34 Å². The van der Waals surface area contributed by atoms with Gasteiger partial charge in [0.25, 0.3) is 0 Å². The number of rotatable bonds is 7. The van der Waals surface area contributed by atoms with Gasteiger partial charge in [-0.2, -0.15) is 0 Å². The van der Waals surface area contributed by atoms with Crippen LogP contribution in [0.3, 0.4) is 0 Å². The lowest BCUT2D eigenvalue weighted by Gasteiger charge is -2.18. The second-order valence-electron chi connectivity index (χ2n) is 3.43. The lowest BCUT2D eigenvalue weighted by Crippen LogP contribution is -2.31. The average molecular weight is 343 g/mol. The van der Waals surface area contributed by atoms with E-state index in [1.165, 1.54) is 11.3 Å². The van der Waals surface area contributed by atoms with E-state index in [1.54, 1.807) is 12.0 Å². The highest BCUT2D eigenvalue weighted by Gasteiger charge is 2.12. The largest absolute Gasteiger partial charge is 0.480 e. The molecular formula is C10H13BrClNO3S. The maximum atomic E-state index is 10.7. The Bertz CT molecular complexity index is 366. The highest BCUT2D eigenvalue weighted by molar-refractivity contribution is 9.10. The van der Waals surface area contributed by atoms with Crippen LogP contribution in [-0.4, -0.2) is 42.8 Å². The molecule has 0 unspecified atom stereocenters. The Kier molecular flexibility index (Phi) is 6.43. The van der Waals surface area contributed by atoms with Gasteiger partial charge in [-0.1, -0.05) is 11.6 Å². The van der Waals surface area contributed by atoms with Gasteiger partial charge in [-0.05, 0) is 22.0 Å². The van der Waals surface area contributed by atoms with Crippen molar-refractivity contribution in [2.24, 2.45) is 0 Å². The Hall–Kier alpha value is -0.140. The van der Waals surface area contributed by atoms with Crippen molar-refractivity contribution in [3.63, 3.8) is 0 Å². The van der Waals surface area contributed by atoms with E-state index in [0.717, 1.165) is 9.35 Å². The summed E-state index contributed by atoms with van der Waals surface area (Å²) in [7, 11) is 1.59. The highest BCUT2D eigenvalue weighted by Crippen LogP contribution is 2.32. The van der Waals surface area contributed by atoms with Crippen LogP contribution in [0.25, 0.3) is 0 Å². The maximum absolute atomic E-state index is 10.7. The van der Waals surface area contributed by atoms with Crippen molar-refractivity contribution in [3.05, 3.63) is 19.8 Å². The van der Waals surface area contributed by atoms with Crippen LogP contribution < -0.4 is 0 Å². The number of halogens is 2. The monoisotopic (exact) mass is 341 g/mol. The van der Waals surface area contributed by atoms with Gasteiger partial charge in [0.1, 0.15) is 4.34 Å². The molecule has 0 radical (unpaired) electrons. The zero-order chi connectivity index (χ0) is 12.8. The van der Waals surface area contributed by atoms with Crippen molar-refractivity contribution in [1.82, 2.24) is 4.90 Å². The van der Waals surface area contributed by atoms with Gasteiger partial charge in [0.15, 0.2) is 0 Å². The van der Waals surface area contributed by atoms with Gasteiger partial charge >= 0.3 is 5.97 Å². The highest BCUT2D eigenvalue weighted by atomic mass is 79.9. The molecule has 4 nitrogen and oxygen atoms in total. The van der Waals surface area contributed by atoms with Crippen molar-refractivity contribution >= 4 is 44.8 Å². The standard InChI is InChI=1S/C10H13BrClNO3S/c1-16-3-2-13(6-9(14)15)5-7-4-8(11)10(12)17-7/h4H,2-3,5-6H2,1H3,(H,14,15). The molecule has 0 aromatic carbocycles. The Morgan fingerprint density at radius 2 is 2.41 bits per heavy atom. The van der Waals surface area contributed by atoms with Crippen LogP contribution in [0, 0.1) is 0 Å². The molecule has 7 heteroatoms. The summed E-state index contributed by atoms with van der Waals surface area (Å²) >= 11 is 10.7. The van der Waals surface area contributed by atoms with E-state index in [0.29, 0.717) is 24.0 Å². The van der Waals surface area contributed by atoms with Crippen molar-refractivity contribution in [2.75, 3.05) is 26.8 Å². The summed E-state index contributed by atoms with van der Waals surface area (Å²) in [6.45, 7) is 1.64. The van der Waals surface area contributed by atoms with Crippen LogP contribution in [0.5, 0.6) is 0 Å². The molecule has 17 heavy (non-hydrogen) atoms. The lowest BCUT2D eigenvalue weighted by atomic mass is 10.4. The molecule has 1 heterocycles. The lowest BCUT2D eigenvalue weighted by molar-refractivity contribution is -0.138. The van der Waals surface area contributed by atoms with E-state index in [-0.39, 0.29) is 6.54 Å². The zero-order valence-electron chi connectivity index (χ0n) is 9.28. The second kappa shape index (κ2) is 7.33. The smallest absolute Gasteiger partial charge is 0.317 e. The van der Waals surface area contributed by atoms with Gasteiger partial charge in [-0.3, -0.25) is 9.69 Å². The summed E-state index contributed by atoms with van der Waals surface area (Å²) in [5.41, 5.74) is 0. The van der Waals surface area contributed by atoms with Gasteiger partial charge < -0.3 is 9.84 Å². The summed E-state index contributed by atoms with van der Waals surface area (Å²) in [5, 5.41) is 8.81. The number of methoxy groups -OCH3 is 1. The predicted molar refractivity (Wildman–Crippen MR) is 71.8 cm³/mol. The molecule has 0 aliphatic heterocycles. The molecule has 0 saturated heterocycles. The fourth-order valence-corrected chi connectivity index (χ4v) is 3.15. The molecule has 1 aromatic heterocycles. The van der Waals surface area contributed by atoms with E-state index in [9.17, 15) is 4.79 Å². The molecule has 1 aromatic rings. The summed E-state index contributed by atoms with van der Waals surface area (Å²) in [4.78, 5) is 13.6. The Morgan fingerprint density at radius 1 is 1.71 bits per heavy atom. The molecule has 0 atom stereocenters. The van der Waals surface area contributed by atoms with E-state index in [4.69, 9.17) is 21.4 Å². The first-order valence-electron chi connectivity index (χ1n) is 4.89. The maximum Gasteiger partial charge on any atom is 0.317 e. The minimum absolute atomic E-state index is 0.00347. The van der Waals surface area contributed by atoms with Crippen LogP contribution >= 0.6 is 38.9 Å². The summed E-state index contributed by atoms with van der Waals surface area (Å²) in [5.74, 6) is -0.845. The van der Waals surface area contributed by atoms with Crippen molar-refractivity contribution in [1.29, 1.82) is 0 Å². The molecule has 1 N–H and O–H groups in total. The van der Waals surface area contributed by atoms with Crippen LogP contribution in [0.15, 0.2) is 10.5 Å². The molecule has 0 spiro atoms. The summed E-state index contributed by atoms with van der Waals surface area (Å²) in [6.07, 6.45) is 0. The first kappa shape index (κ1) is 14.9. The number of ether oxygens (including phenoxy) is 1. The second-order valence-corrected chi connectivity index (χ2v) is 6.02. The predicted octanol–water partition coefficient (Wildman–Crippen LogP) is 2.70. The summed E-state index contributed by atoms with van der Waals surface area (Å²) in [6, 6.07) is 1.91. The fourth-order valence-electron chi connectivity index (χ4n) is 1.32. The van der Waals surface area contributed by atoms with Gasteiger partial charge in [-0.15, -0.1) is 11.3 Å². The number of hydrogen-bond donors (Lipinski definition) is 1. The van der Waals surface area contributed by atoms with E-state index >= 15 is 0 Å². The normalized spacial score (nSPS) is 11.1. The van der Waals surface area contributed by atoms with Crippen molar-refractivity contribution in [3.8, 4) is 0 Å². The van der Waals surface area contributed by atoms with Gasteiger partial charge in [-0.25, -0.2) is 0 Å². The minimum atomic E-state index is -0.845. The van der Waals surface area contributed by atoms with Crippen molar-refractivity contribution < 1.29 is 14.6 Å². The fraction of sp³-hybridized carbons (Fsp3) is 0.500. The van der Waals surface area contributed by atoms with Crippen molar-refractivity contribution in [2.45, 2.75) is 6.54 Å². The number of thiophene rings is 1. The summed E-state index contributed by atoms with van der Waals surface area (Å²) < 4.78 is 6.48. The van der Waals surface area contributed by atoms with E-state index in [1.807, 2.05) is 6.07 Å². The van der Waals surface area contributed by atoms with Crippen LogP contribution in [0.1, 0.15) is 4.88 Å². The third-order valence-electron chi connectivity index (χ3n) is 2.05. The number of aliphatic carboxylic acids is 1. The Balaban J connectivity index is 2.60. The number of carboxylic acid groups (broad SMARTS) is 1. The average Bonchev–Trinajstić information content (AvgIpc) is 2.54. The number of carbonyl (C=O) groups is 1. The first-order chi connectivity index (χ1) is 8.02. The minimum Gasteiger partial charge on any atom is -0.480 e. The zero-order valence-corrected chi connectivity index (χ0v) is 12.4. The number of hydrogen-bond acceptors (Lipinski definition) is 4.